The highest BCUT2D eigenvalue weighted by molar-refractivity contribution is 6.35. The number of hydrogen-bond acceptors (Lipinski definition) is 7. The van der Waals surface area contributed by atoms with Crippen LogP contribution in [0.5, 0.6) is 0 Å². The van der Waals surface area contributed by atoms with Crippen molar-refractivity contribution in [3.8, 4) is 0 Å². The third kappa shape index (κ3) is 6.25. The van der Waals surface area contributed by atoms with E-state index >= 15 is 0 Å². The Kier molecular flexibility index (Phi) is 8.76. The van der Waals surface area contributed by atoms with Crippen LogP contribution < -0.4 is 5.69 Å². The van der Waals surface area contributed by atoms with Gasteiger partial charge in [-0.1, -0.05) is 23.7 Å². The molecule has 7 rings (SSSR count). The predicted octanol–water partition coefficient (Wildman–Crippen LogP) is 3.48. The first-order chi connectivity index (χ1) is 22.3. The third-order valence-corrected chi connectivity index (χ3v) is 10.3. The van der Waals surface area contributed by atoms with Crippen LogP contribution in [-0.4, -0.2) is 123 Å². The lowest BCUT2D eigenvalue weighted by molar-refractivity contribution is -0.143. The number of piperidine rings is 2. The fraction of sp³-hybridized carbons (Fsp3) is 0.515. The molecule has 13 heteroatoms. The molecule has 3 aliphatic heterocycles. The minimum Gasteiger partial charge on any atom is -0.436 e. The summed E-state index contributed by atoms with van der Waals surface area (Å²) in [5.74, 6) is -0.181. The number of H-pyrrole nitrogens is 2. The van der Waals surface area contributed by atoms with E-state index in [1.807, 2.05) is 35.2 Å². The molecule has 12 nitrogen and oxygen atoms in total. The van der Waals surface area contributed by atoms with Gasteiger partial charge in [0.25, 0.3) is 5.91 Å². The standard InChI is InChI=1S/C33H41ClN8O4/c1-38-10-6-24(7-11-38)39-14-16-40(17-15-39)31(43)29(20-22-18-23-21-35-37-30(23)26(34)19-22)46-33(45)41-12-8-25(9-13-41)42-28-5-3-2-4-27(28)36-32(42)44/h2-5,18-19,21,24-25,29H,6-17,20H2,1H3,(H,35,37)(H,36,44)/t29-/m1/s1. The number of benzene rings is 2. The molecule has 3 saturated heterocycles. The van der Waals surface area contributed by atoms with Crippen molar-refractivity contribution < 1.29 is 14.3 Å². The normalized spacial score (nSPS) is 20.0. The van der Waals surface area contributed by atoms with Gasteiger partial charge in [-0.2, -0.15) is 5.10 Å². The number of likely N-dealkylation sites (tertiary alicyclic amines) is 2. The average molecular weight is 649 g/mol. The number of hydrogen-bond donors (Lipinski definition) is 2. The zero-order valence-electron chi connectivity index (χ0n) is 26.2. The lowest BCUT2D eigenvalue weighted by Crippen LogP contribution is -2.56. The fourth-order valence-electron chi connectivity index (χ4n) is 7.39. The second-order valence-electron chi connectivity index (χ2n) is 12.9. The second kappa shape index (κ2) is 13.1. The highest BCUT2D eigenvalue weighted by Gasteiger charge is 2.35. The summed E-state index contributed by atoms with van der Waals surface area (Å²) < 4.78 is 7.85. The van der Waals surface area contributed by atoms with E-state index in [1.165, 1.54) is 0 Å². The van der Waals surface area contributed by atoms with E-state index in [2.05, 4.69) is 32.0 Å². The molecular formula is C33H41ClN8O4. The van der Waals surface area contributed by atoms with Gasteiger partial charge >= 0.3 is 11.8 Å². The average Bonchev–Trinajstić information content (AvgIpc) is 3.68. The van der Waals surface area contributed by atoms with Crippen LogP contribution in [0.2, 0.25) is 5.02 Å². The summed E-state index contributed by atoms with van der Waals surface area (Å²) in [5.41, 5.74) is 3.05. The highest BCUT2D eigenvalue weighted by atomic mass is 35.5. The van der Waals surface area contributed by atoms with E-state index in [-0.39, 0.29) is 24.1 Å². The quantitative estimate of drug-likeness (QED) is 0.328. The molecule has 4 aromatic rings. The Balaban J connectivity index is 1.03. The molecule has 3 fully saturated rings. The molecule has 1 atom stereocenters. The minimum absolute atomic E-state index is 0.0326. The van der Waals surface area contributed by atoms with Gasteiger partial charge < -0.3 is 24.4 Å². The summed E-state index contributed by atoms with van der Waals surface area (Å²) in [6.45, 7) is 5.89. The van der Waals surface area contributed by atoms with Crippen molar-refractivity contribution in [1.82, 2.24) is 39.3 Å². The van der Waals surface area contributed by atoms with E-state index in [9.17, 15) is 14.4 Å². The fourth-order valence-corrected chi connectivity index (χ4v) is 7.69. The van der Waals surface area contributed by atoms with Gasteiger partial charge in [-0.3, -0.25) is 19.4 Å². The van der Waals surface area contributed by atoms with Crippen LogP contribution in [0, 0.1) is 0 Å². The van der Waals surface area contributed by atoms with Crippen LogP contribution in [0.3, 0.4) is 0 Å². The Morgan fingerprint density at radius 3 is 2.43 bits per heavy atom. The molecule has 244 valence electrons. The van der Waals surface area contributed by atoms with Crippen molar-refractivity contribution in [1.29, 1.82) is 0 Å². The summed E-state index contributed by atoms with van der Waals surface area (Å²) in [5, 5.41) is 8.33. The van der Waals surface area contributed by atoms with Crippen LogP contribution in [0.15, 0.2) is 47.4 Å². The minimum atomic E-state index is -0.989. The van der Waals surface area contributed by atoms with E-state index in [0.717, 1.165) is 66.5 Å². The molecular weight excluding hydrogens is 608 g/mol. The van der Waals surface area contributed by atoms with Gasteiger partial charge in [-0.25, -0.2) is 9.59 Å². The summed E-state index contributed by atoms with van der Waals surface area (Å²) in [4.78, 5) is 51.7. The molecule has 5 heterocycles. The lowest BCUT2D eigenvalue weighted by atomic mass is 10.0. The number of piperazine rings is 1. The number of ether oxygens (including phenoxy) is 1. The summed E-state index contributed by atoms with van der Waals surface area (Å²) in [6.07, 6.45) is 3.92. The first-order valence-corrected chi connectivity index (χ1v) is 16.7. The Hall–Kier alpha value is -3.87. The van der Waals surface area contributed by atoms with Crippen molar-refractivity contribution in [2.45, 2.75) is 50.3 Å². The number of aromatic nitrogens is 4. The Morgan fingerprint density at radius 1 is 0.957 bits per heavy atom. The maximum absolute atomic E-state index is 14.0. The Bertz CT molecular complexity index is 1760. The first-order valence-electron chi connectivity index (χ1n) is 16.3. The van der Waals surface area contributed by atoms with Gasteiger partial charge in [-0.05, 0) is 75.6 Å². The number of carbonyl (C=O) groups is 2. The number of fused-ring (bicyclic) bond motifs is 2. The predicted molar refractivity (Wildman–Crippen MR) is 176 cm³/mol. The van der Waals surface area contributed by atoms with Crippen LogP contribution in [0.4, 0.5) is 4.79 Å². The Morgan fingerprint density at radius 2 is 1.67 bits per heavy atom. The summed E-state index contributed by atoms with van der Waals surface area (Å²) in [6, 6.07) is 11.9. The number of carbonyl (C=O) groups excluding carboxylic acids is 2. The van der Waals surface area contributed by atoms with E-state index < -0.39 is 12.2 Å². The molecule has 0 aliphatic carbocycles. The van der Waals surface area contributed by atoms with Crippen molar-refractivity contribution in [3.63, 3.8) is 0 Å². The van der Waals surface area contributed by atoms with E-state index in [1.54, 1.807) is 21.7 Å². The number of imidazole rings is 1. The second-order valence-corrected chi connectivity index (χ2v) is 13.3. The largest absolute Gasteiger partial charge is 0.436 e. The smallest absolute Gasteiger partial charge is 0.410 e. The molecule has 0 radical (unpaired) electrons. The van der Waals surface area contributed by atoms with Gasteiger partial charge in [0.2, 0.25) is 0 Å². The van der Waals surface area contributed by atoms with E-state index in [0.29, 0.717) is 50.1 Å². The number of nitrogens with zero attached hydrogens (tertiary/aromatic N) is 6. The monoisotopic (exact) mass is 648 g/mol. The van der Waals surface area contributed by atoms with Crippen molar-refractivity contribution in [2.75, 3.05) is 59.4 Å². The van der Waals surface area contributed by atoms with Crippen LogP contribution in [0.1, 0.15) is 37.3 Å². The highest BCUT2D eigenvalue weighted by Crippen LogP contribution is 2.28. The summed E-state index contributed by atoms with van der Waals surface area (Å²) in [7, 11) is 2.17. The van der Waals surface area contributed by atoms with Crippen LogP contribution >= 0.6 is 11.6 Å². The van der Waals surface area contributed by atoms with Gasteiger partial charge in [0, 0.05) is 63.2 Å². The molecule has 0 spiro atoms. The van der Waals surface area contributed by atoms with Gasteiger partial charge in [0.15, 0.2) is 6.10 Å². The molecule has 2 aromatic heterocycles. The topological polar surface area (TPSA) is 123 Å². The van der Waals surface area contributed by atoms with Crippen LogP contribution in [0.25, 0.3) is 21.9 Å². The van der Waals surface area contributed by atoms with Crippen LogP contribution in [-0.2, 0) is 16.0 Å². The molecule has 2 N–H and O–H groups in total. The number of nitrogens with one attached hydrogen (secondary N) is 2. The maximum Gasteiger partial charge on any atom is 0.410 e. The SMILES string of the molecule is CN1CCC(N2CCN(C(=O)[C@@H](Cc3cc(Cl)c4[nH]ncc4c3)OC(=O)N3CCC(n4c(=O)[nH]c5ccccc54)CC3)CC2)CC1. The molecule has 0 saturated carbocycles. The third-order valence-electron chi connectivity index (χ3n) is 10.0. The molecule has 2 aromatic carbocycles. The van der Waals surface area contributed by atoms with Gasteiger partial charge in [0.05, 0.1) is 27.8 Å². The van der Waals surface area contributed by atoms with Gasteiger partial charge in [-0.15, -0.1) is 0 Å². The van der Waals surface area contributed by atoms with Crippen molar-refractivity contribution in [2.24, 2.45) is 0 Å². The van der Waals surface area contributed by atoms with E-state index in [4.69, 9.17) is 16.3 Å². The number of para-hydroxylation sites is 2. The lowest BCUT2D eigenvalue weighted by Gasteiger charge is -2.42. The Labute approximate surface area is 272 Å². The molecule has 3 aliphatic rings. The number of rotatable bonds is 6. The van der Waals surface area contributed by atoms with Gasteiger partial charge in [0.1, 0.15) is 0 Å². The number of amides is 2. The number of aromatic amines is 2. The molecule has 0 unspecified atom stereocenters. The molecule has 2 amide bonds. The van der Waals surface area contributed by atoms with Crippen molar-refractivity contribution in [3.05, 3.63) is 63.7 Å². The zero-order chi connectivity index (χ0) is 31.8. The zero-order valence-corrected chi connectivity index (χ0v) is 26.9. The number of halogens is 1. The summed E-state index contributed by atoms with van der Waals surface area (Å²) >= 11 is 6.53. The van der Waals surface area contributed by atoms with Crippen molar-refractivity contribution >= 4 is 45.5 Å². The first kappa shape index (κ1) is 30.8. The maximum atomic E-state index is 14.0. The molecule has 0 bridgehead atoms. The molecule has 46 heavy (non-hydrogen) atoms.